The quantitative estimate of drug-likeness (QED) is 0.805. The van der Waals surface area contributed by atoms with Gasteiger partial charge in [0.2, 0.25) is 0 Å². The number of anilines is 2. The summed E-state index contributed by atoms with van der Waals surface area (Å²) in [7, 11) is 0. The predicted octanol–water partition coefficient (Wildman–Crippen LogP) is 2.54. The molecule has 0 amide bonds. The minimum Gasteiger partial charge on any atom is -0.491 e. The van der Waals surface area contributed by atoms with Crippen LogP contribution in [0, 0.1) is 11.3 Å². The Hall–Kier alpha value is -2.67. The van der Waals surface area contributed by atoms with Gasteiger partial charge in [-0.25, -0.2) is 0 Å². The van der Waals surface area contributed by atoms with Gasteiger partial charge in [0.25, 0.3) is 0 Å². The summed E-state index contributed by atoms with van der Waals surface area (Å²) in [5.74, 6) is 0.920. The number of nitrogens with zero attached hydrogens (tertiary/aromatic N) is 2. The van der Waals surface area contributed by atoms with Gasteiger partial charge < -0.3 is 15.4 Å². The van der Waals surface area contributed by atoms with Gasteiger partial charge in [-0.05, 0) is 24.3 Å². The van der Waals surface area contributed by atoms with Crippen molar-refractivity contribution in [2.75, 3.05) is 23.8 Å². The number of para-hydroxylation sites is 1. The molecule has 2 aromatic carbocycles. The van der Waals surface area contributed by atoms with E-state index in [1.165, 1.54) is 0 Å². The number of rotatable bonds is 1. The highest BCUT2D eigenvalue weighted by molar-refractivity contribution is 5.65. The zero-order chi connectivity index (χ0) is 13.9. The molecule has 1 aliphatic heterocycles. The van der Waals surface area contributed by atoms with Crippen molar-refractivity contribution in [1.82, 2.24) is 0 Å². The molecule has 0 bridgehead atoms. The fourth-order valence-electron chi connectivity index (χ4n) is 2.45. The van der Waals surface area contributed by atoms with E-state index in [4.69, 9.17) is 10.5 Å². The van der Waals surface area contributed by atoms with E-state index in [-0.39, 0.29) is 0 Å². The van der Waals surface area contributed by atoms with Crippen molar-refractivity contribution in [2.45, 2.75) is 6.54 Å². The normalized spacial score (nSPS) is 13.8. The highest BCUT2D eigenvalue weighted by Crippen LogP contribution is 2.28. The number of fused-ring (bicyclic) bond motifs is 1. The lowest BCUT2D eigenvalue weighted by atomic mass is 10.1. The third-order valence-electron chi connectivity index (χ3n) is 3.43. The summed E-state index contributed by atoms with van der Waals surface area (Å²) in [6.45, 7) is 2.08. The first-order chi connectivity index (χ1) is 9.78. The van der Waals surface area contributed by atoms with Crippen molar-refractivity contribution in [3.8, 4) is 11.8 Å². The summed E-state index contributed by atoms with van der Waals surface area (Å²) < 4.78 is 5.75. The number of benzene rings is 2. The van der Waals surface area contributed by atoms with Crippen LogP contribution in [0.25, 0.3) is 0 Å². The molecule has 0 spiro atoms. The largest absolute Gasteiger partial charge is 0.491 e. The molecule has 0 aromatic heterocycles. The second-order valence-electron chi connectivity index (χ2n) is 4.77. The highest BCUT2D eigenvalue weighted by atomic mass is 16.5. The van der Waals surface area contributed by atoms with Crippen molar-refractivity contribution in [2.24, 2.45) is 0 Å². The summed E-state index contributed by atoms with van der Waals surface area (Å²) in [6.07, 6.45) is 0. The van der Waals surface area contributed by atoms with E-state index in [0.717, 1.165) is 30.1 Å². The summed E-state index contributed by atoms with van der Waals surface area (Å²) in [5, 5.41) is 9.28. The molecule has 0 radical (unpaired) electrons. The summed E-state index contributed by atoms with van der Waals surface area (Å²) in [6, 6.07) is 15.7. The monoisotopic (exact) mass is 265 g/mol. The zero-order valence-electron chi connectivity index (χ0n) is 11.0. The van der Waals surface area contributed by atoms with Gasteiger partial charge in [0.1, 0.15) is 18.4 Å². The molecule has 100 valence electrons. The Balaban J connectivity index is 1.98. The third-order valence-corrected chi connectivity index (χ3v) is 3.43. The minimum absolute atomic E-state index is 0.601. The van der Waals surface area contributed by atoms with Crippen LogP contribution < -0.4 is 15.4 Å². The van der Waals surface area contributed by atoms with Gasteiger partial charge in [-0.15, -0.1) is 0 Å². The maximum Gasteiger partial charge on any atom is 0.124 e. The van der Waals surface area contributed by atoms with E-state index in [1.807, 2.05) is 30.3 Å². The van der Waals surface area contributed by atoms with Crippen LogP contribution in [0.1, 0.15) is 11.1 Å². The van der Waals surface area contributed by atoms with Gasteiger partial charge in [0, 0.05) is 17.8 Å². The van der Waals surface area contributed by atoms with Gasteiger partial charge in [0.15, 0.2) is 0 Å². The summed E-state index contributed by atoms with van der Waals surface area (Å²) >= 11 is 0. The van der Waals surface area contributed by atoms with Crippen LogP contribution in [0.3, 0.4) is 0 Å². The molecule has 2 aromatic rings. The molecule has 0 unspecified atom stereocenters. The number of nitriles is 1. The molecule has 4 heteroatoms. The Morgan fingerprint density at radius 3 is 2.90 bits per heavy atom. The maximum absolute atomic E-state index is 9.28. The lowest BCUT2D eigenvalue weighted by Crippen LogP contribution is -2.26. The molecule has 4 nitrogen and oxygen atoms in total. The molecule has 1 heterocycles. The van der Waals surface area contributed by atoms with E-state index < -0.39 is 0 Å². The van der Waals surface area contributed by atoms with E-state index in [9.17, 15) is 5.26 Å². The van der Waals surface area contributed by atoms with Crippen molar-refractivity contribution in [3.63, 3.8) is 0 Å². The molecule has 0 saturated carbocycles. The number of hydrogen-bond acceptors (Lipinski definition) is 4. The Kier molecular flexibility index (Phi) is 3.18. The standard InChI is InChI=1S/C16H15N3O/c17-10-13-9-14(18)5-6-15(13)19-7-8-20-16-4-2-1-3-12(16)11-19/h1-6,9H,7-8,11,18H2. The van der Waals surface area contributed by atoms with Gasteiger partial charge in [-0.1, -0.05) is 18.2 Å². The van der Waals surface area contributed by atoms with Crippen LogP contribution in [-0.2, 0) is 6.54 Å². The first kappa shape index (κ1) is 12.4. The van der Waals surface area contributed by atoms with Crippen molar-refractivity contribution in [1.29, 1.82) is 5.26 Å². The first-order valence-corrected chi connectivity index (χ1v) is 6.53. The smallest absolute Gasteiger partial charge is 0.124 e. The molecule has 0 atom stereocenters. The van der Waals surface area contributed by atoms with Crippen molar-refractivity contribution < 1.29 is 4.74 Å². The topological polar surface area (TPSA) is 62.3 Å². The molecular formula is C16H15N3O. The lowest BCUT2D eigenvalue weighted by molar-refractivity contribution is 0.331. The summed E-state index contributed by atoms with van der Waals surface area (Å²) in [5.41, 5.74) is 8.99. The van der Waals surface area contributed by atoms with Gasteiger partial charge >= 0.3 is 0 Å². The summed E-state index contributed by atoms with van der Waals surface area (Å²) in [4.78, 5) is 2.16. The third kappa shape index (κ3) is 2.26. The number of ether oxygens (including phenoxy) is 1. The molecule has 3 rings (SSSR count). The molecule has 2 N–H and O–H groups in total. The van der Waals surface area contributed by atoms with Crippen LogP contribution in [0.15, 0.2) is 42.5 Å². The average Bonchev–Trinajstić information content (AvgIpc) is 2.69. The van der Waals surface area contributed by atoms with Crippen LogP contribution >= 0.6 is 0 Å². The molecule has 1 aliphatic rings. The number of nitrogen functional groups attached to an aromatic ring is 1. The van der Waals surface area contributed by atoms with E-state index in [0.29, 0.717) is 17.9 Å². The van der Waals surface area contributed by atoms with Crippen LogP contribution in [0.5, 0.6) is 5.75 Å². The van der Waals surface area contributed by atoms with Crippen molar-refractivity contribution in [3.05, 3.63) is 53.6 Å². The van der Waals surface area contributed by atoms with E-state index >= 15 is 0 Å². The number of nitrogens with two attached hydrogens (primary N) is 1. The second-order valence-corrected chi connectivity index (χ2v) is 4.77. The van der Waals surface area contributed by atoms with E-state index in [1.54, 1.807) is 6.07 Å². The fraction of sp³-hybridized carbons (Fsp3) is 0.188. The molecule has 0 fully saturated rings. The van der Waals surface area contributed by atoms with Gasteiger partial charge in [-0.3, -0.25) is 0 Å². The Labute approximate surface area is 118 Å². The highest BCUT2D eigenvalue weighted by Gasteiger charge is 2.17. The number of hydrogen-bond donors (Lipinski definition) is 1. The first-order valence-electron chi connectivity index (χ1n) is 6.53. The predicted molar refractivity (Wildman–Crippen MR) is 78.6 cm³/mol. The SMILES string of the molecule is N#Cc1cc(N)ccc1N1CCOc2ccccc2C1. The van der Waals surface area contributed by atoms with Crippen molar-refractivity contribution >= 4 is 11.4 Å². The Bertz CT molecular complexity index is 676. The molecule has 0 aliphatic carbocycles. The van der Waals surface area contributed by atoms with Gasteiger partial charge in [0.05, 0.1) is 17.8 Å². The maximum atomic E-state index is 9.28. The van der Waals surface area contributed by atoms with Gasteiger partial charge in [-0.2, -0.15) is 5.26 Å². The van der Waals surface area contributed by atoms with E-state index in [2.05, 4.69) is 17.0 Å². The average molecular weight is 265 g/mol. The zero-order valence-corrected chi connectivity index (χ0v) is 11.0. The minimum atomic E-state index is 0.601. The molecule has 20 heavy (non-hydrogen) atoms. The molecular weight excluding hydrogens is 250 g/mol. The van der Waals surface area contributed by atoms with Crippen LogP contribution in [-0.4, -0.2) is 13.2 Å². The Morgan fingerprint density at radius 1 is 1.20 bits per heavy atom. The van der Waals surface area contributed by atoms with Crippen LogP contribution in [0.4, 0.5) is 11.4 Å². The van der Waals surface area contributed by atoms with Crippen LogP contribution in [0.2, 0.25) is 0 Å². The second kappa shape index (κ2) is 5.14. The fourth-order valence-corrected chi connectivity index (χ4v) is 2.45. The lowest BCUT2D eigenvalue weighted by Gasteiger charge is -2.23. The molecule has 0 saturated heterocycles. The Morgan fingerprint density at radius 2 is 2.05 bits per heavy atom.